The molecule has 0 radical (unpaired) electrons. The first-order valence-electron chi connectivity index (χ1n) is 5.47. The minimum atomic E-state index is -0.320. The van der Waals surface area contributed by atoms with Crippen molar-refractivity contribution in [3.05, 3.63) is 0 Å². The third-order valence-corrected chi connectivity index (χ3v) is 2.47. The summed E-state index contributed by atoms with van der Waals surface area (Å²) in [6.07, 6.45) is 2.06. The average Bonchev–Trinajstić information content (AvgIpc) is 2.36. The second kappa shape index (κ2) is 8.77. The Morgan fingerprint density at radius 2 is 2.18 bits per heavy atom. The van der Waals surface area contributed by atoms with Crippen LogP contribution in [-0.2, 0) is 9.53 Å². The Kier molecular flexibility index (Phi) is 8.08. The van der Waals surface area contributed by atoms with Crippen molar-refractivity contribution in [2.24, 2.45) is 5.16 Å². The largest absolute Gasteiger partial charge is 0.468 e. The van der Waals surface area contributed by atoms with E-state index in [0.29, 0.717) is 19.4 Å². The smallest absolute Gasteiger partial charge is 0.322 e. The normalized spacial score (nSPS) is 13.3. The lowest BCUT2D eigenvalue weighted by Crippen LogP contribution is -2.35. The van der Waals surface area contributed by atoms with Gasteiger partial charge in [0.25, 0.3) is 0 Å². The van der Waals surface area contributed by atoms with Gasteiger partial charge < -0.3 is 15.3 Å². The van der Waals surface area contributed by atoms with Gasteiger partial charge in [0.1, 0.15) is 6.04 Å². The maximum Gasteiger partial charge on any atom is 0.322 e. The molecule has 1 atom stereocenters. The zero-order valence-corrected chi connectivity index (χ0v) is 10.5. The highest BCUT2D eigenvalue weighted by Crippen LogP contribution is 2.03. The number of methoxy groups -OCH3 is 1. The van der Waals surface area contributed by atoms with Crippen molar-refractivity contribution in [3.8, 4) is 0 Å². The number of amidine groups is 1. The Morgan fingerprint density at radius 3 is 2.65 bits per heavy atom. The van der Waals surface area contributed by atoms with Gasteiger partial charge in [0.2, 0.25) is 0 Å². The van der Waals surface area contributed by atoms with E-state index in [1.54, 1.807) is 7.05 Å². The number of carbonyl (C=O) groups is 1. The van der Waals surface area contributed by atoms with Gasteiger partial charge in [0.15, 0.2) is 5.84 Å². The molecule has 7 nitrogen and oxygen atoms in total. The standard InChI is InChI=1S/C10H21N3O4/c1-8(12-15)13(16)7-5-4-6-9(11-2)10(14)17-3/h9,11,15-16H,4-7H2,1-3H3/b12-8-/t9-/m0/s1. The minimum Gasteiger partial charge on any atom is -0.468 e. The first kappa shape index (κ1) is 15.7. The third kappa shape index (κ3) is 6.08. The Labute approximate surface area is 101 Å². The quantitative estimate of drug-likeness (QED) is 0.151. The first-order valence-corrected chi connectivity index (χ1v) is 5.47. The summed E-state index contributed by atoms with van der Waals surface area (Å²) < 4.78 is 4.62. The summed E-state index contributed by atoms with van der Waals surface area (Å²) in [6, 6.07) is -0.320. The summed E-state index contributed by atoms with van der Waals surface area (Å²) in [7, 11) is 3.05. The summed E-state index contributed by atoms with van der Waals surface area (Å²) in [4.78, 5) is 11.2. The molecular weight excluding hydrogens is 226 g/mol. The van der Waals surface area contributed by atoms with Crippen molar-refractivity contribution in [2.45, 2.75) is 32.2 Å². The van der Waals surface area contributed by atoms with Gasteiger partial charge in [-0.2, -0.15) is 0 Å². The Balaban J connectivity index is 3.80. The fraction of sp³-hybridized carbons (Fsp3) is 0.800. The number of oxime groups is 1. The van der Waals surface area contributed by atoms with Crippen LogP contribution in [0.3, 0.4) is 0 Å². The molecule has 0 heterocycles. The molecule has 3 N–H and O–H groups in total. The molecule has 0 unspecified atom stereocenters. The van der Waals surface area contributed by atoms with E-state index >= 15 is 0 Å². The molecular formula is C10H21N3O4. The van der Waals surface area contributed by atoms with Crippen molar-refractivity contribution in [1.29, 1.82) is 0 Å². The van der Waals surface area contributed by atoms with E-state index in [1.165, 1.54) is 14.0 Å². The van der Waals surface area contributed by atoms with E-state index in [4.69, 9.17) is 5.21 Å². The van der Waals surface area contributed by atoms with Crippen LogP contribution in [-0.4, -0.2) is 54.0 Å². The van der Waals surface area contributed by atoms with Gasteiger partial charge in [0, 0.05) is 6.54 Å². The summed E-state index contributed by atoms with van der Waals surface area (Å²) in [5.74, 6) is -0.149. The van der Waals surface area contributed by atoms with Crippen LogP contribution in [0.15, 0.2) is 5.16 Å². The number of hydrogen-bond donors (Lipinski definition) is 3. The molecule has 0 saturated carbocycles. The van der Waals surface area contributed by atoms with Crippen molar-refractivity contribution >= 4 is 11.8 Å². The van der Waals surface area contributed by atoms with E-state index in [1.807, 2.05) is 0 Å². The number of nitrogens with zero attached hydrogens (tertiary/aromatic N) is 2. The third-order valence-electron chi connectivity index (χ3n) is 2.47. The maximum absolute atomic E-state index is 11.2. The summed E-state index contributed by atoms with van der Waals surface area (Å²) in [5, 5.41) is 24.3. The molecule has 0 bridgehead atoms. The lowest BCUT2D eigenvalue weighted by molar-refractivity contribution is -0.143. The molecule has 0 spiro atoms. The highest BCUT2D eigenvalue weighted by Gasteiger charge is 2.16. The van der Waals surface area contributed by atoms with Crippen molar-refractivity contribution < 1.29 is 19.9 Å². The molecule has 7 heteroatoms. The van der Waals surface area contributed by atoms with Crippen LogP contribution in [0.2, 0.25) is 0 Å². The molecule has 0 aliphatic carbocycles. The number of ether oxygens (including phenoxy) is 1. The number of unbranched alkanes of at least 4 members (excludes halogenated alkanes) is 1. The number of nitrogens with one attached hydrogen (secondary N) is 1. The lowest BCUT2D eigenvalue weighted by atomic mass is 10.1. The van der Waals surface area contributed by atoms with E-state index in [0.717, 1.165) is 11.5 Å². The van der Waals surface area contributed by atoms with Gasteiger partial charge in [-0.25, -0.2) is 5.06 Å². The van der Waals surface area contributed by atoms with E-state index < -0.39 is 0 Å². The van der Waals surface area contributed by atoms with Gasteiger partial charge in [-0.1, -0.05) is 5.16 Å². The zero-order valence-electron chi connectivity index (χ0n) is 10.5. The van der Waals surface area contributed by atoms with Crippen LogP contribution < -0.4 is 5.32 Å². The molecule has 0 amide bonds. The molecule has 0 rings (SSSR count). The second-order valence-electron chi connectivity index (χ2n) is 3.63. The highest BCUT2D eigenvalue weighted by atomic mass is 16.5. The van der Waals surface area contributed by atoms with Gasteiger partial charge >= 0.3 is 5.97 Å². The number of esters is 1. The predicted molar refractivity (Wildman–Crippen MR) is 62.1 cm³/mol. The van der Waals surface area contributed by atoms with Gasteiger partial charge in [-0.05, 0) is 33.2 Å². The zero-order chi connectivity index (χ0) is 13.3. The number of rotatable bonds is 7. The second-order valence-corrected chi connectivity index (χ2v) is 3.63. The fourth-order valence-electron chi connectivity index (χ4n) is 1.35. The topological polar surface area (TPSA) is 94.4 Å². The van der Waals surface area contributed by atoms with Crippen molar-refractivity contribution in [1.82, 2.24) is 10.4 Å². The lowest BCUT2D eigenvalue weighted by Gasteiger charge is -2.16. The fourth-order valence-corrected chi connectivity index (χ4v) is 1.35. The Hall–Kier alpha value is -1.34. The van der Waals surface area contributed by atoms with Crippen LogP contribution in [0.4, 0.5) is 0 Å². The van der Waals surface area contributed by atoms with Gasteiger partial charge in [0.05, 0.1) is 7.11 Å². The predicted octanol–water partition coefficient (Wildman–Crippen LogP) is 0.417. The molecule has 0 aliphatic heterocycles. The molecule has 0 aromatic rings. The maximum atomic E-state index is 11.2. The SMILES string of the molecule is CN[C@@H](CCCCN(O)/C(C)=N\O)C(=O)OC. The van der Waals surface area contributed by atoms with Crippen LogP contribution >= 0.6 is 0 Å². The number of hydroxylamine groups is 2. The van der Waals surface area contributed by atoms with Crippen LogP contribution in [0.5, 0.6) is 0 Å². The summed E-state index contributed by atoms with van der Waals surface area (Å²) in [5.41, 5.74) is 0. The highest BCUT2D eigenvalue weighted by molar-refractivity contribution is 5.77. The molecule has 0 aliphatic rings. The Morgan fingerprint density at radius 1 is 1.53 bits per heavy atom. The van der Waals surface area contributed by atoms with E-state index in [2.05, 4.69) is 15.2 Å². The minimum absolute atomic E-state index is 0.142. The van der Waals surface area contributed by atoms with Gasteiger partial charge in [-0.3, -0.25) is 10.0 Å². The molecule has 0 aromatic carbocycles. The summed E-state index contributed by atoms with van der Waals surface area (Å²) in [6.45, 7) is 1.85. The number of hydrogen-bond acceptors (Lipinski definition) is 6. The number of carbonyl (C=O) groups excluding carboxylic acids is 1. The van der Waals surface area contributed by atoms with Crippen LogP contribution in [0.25, 0.3) is 0 Å². The first-order chi connectivity index (χ1) is 8.06. The molecule has 17 heavy (non-hydrogen) atoms. The molecule has 0 fully saturated rings. The molecule has 0 saturated heterocycles. The molecule has 0 aromatic heterocycles. The molecule has 100 valence electrons. The van der Waals surface area contributed by atoms with E-state index in [-0.39, 0.29) is 17.8 Å². The monoisotopic (exact) mass is 247 g/mol. The Bertz CT molecular complexity index is 258. The van der Waals surface area contributed by atoms with Crippen LogP contribution in [0.1, 0.15) is 26.2 Å². The van der Waals surface area contributed by atoms with Crippen LogP contribution in [0, 0.1) is 0 Å². The van der Waals surface area contributed by atoms with Crippen molar-refractivity contribution in [2.75, 3.05) is 20.7 Å². The van der Waals surface area contributed by atoms with E-state index in [9.17, 15) is 10.0 Å². The average molecular weight is 247 g/mol. The van der Waals surface area contributed by atoms with Gasteiger partial charge in [-0.15, -0.1) is 0 Å². The summed E-state index contributed by atoms with van der Waals surface area (Å²) >= 11 is 0. The van der Waals surface area contributed by atoms with Crippen molar-refractivity contribution in [3.63, 3.8) is 0 Å². The number of likely N-dealkylation sites (N-methyl/N-ethyl adjacent to an activating group) is 1.